The van der Waals surface area contributed by atoms with Crippen LogP contribution in [0.4, 0.5) is 8.78 Å². The lowest BCUT2D eigenvalue weighted by atomic mass is 10.1. The average molecular weight is 298 g/mol. The van der Waals surface area contributed by atoms with Gasteiger partial charge >= 0.3 is 0 Å². The van der Waals surface area contributed by atoms with E-state index in [2.05, 4.69) is 0 Å². The number of halogens is 3. The molecule has 18 heavy (non-hydrogen) atoms. The van der Waals surface area contributed by atoms with Gasteiger partial charge in [-0.05, 0) is 30.7 Å². The molecule has 0 radical (unpaired) electrons. The Balaban J connectivity index is 3.03. The van der Waals surface area contributed by atoms with E-state index in [1.165, 1.54) is 12.1 Å². The van der Waals surface area contributed by atoms with Gasteiger partial charge in [-0.3, -0.25) is 4.79 Å². The highest BCUT2D eigenvalue weighted by atomic mass is 35.7. The van der Waals surface area contributed by atoms with Crippen molar-refractivity contribution in [1.82, 2.24) is 5.32 Å². The van der Waals surface area contributed by atoms with Gasteiger partial charge in [-0.1, -0.05) is 0 Å². The molecule has 0 aliphatic carbocycles. The van der Waals surface area contributed by atoms with Crippen LogP contribution in [0.5, 0.6) is 0 Å². The summed E-state index contributed by atoms with van der Waals surface area (Å²) in [6.07, 6.45) is -2.67. The molecule has 0 aromatic heterocycles. The molecule has 1 aromatic carbocycles. The molecule has 1 N–H and O–H groups in total. The summed E-state index contributed by atoms with van der Waals surface area (Å²) in [5.41, 5.74) is 0.453. The van der Waals surface area contributed by atoms with Gasteiger partial charge in [0.2, 0.25) is 0 Å². The first-order chi connectivity index (χ1) is 8.20. The Morgan fingerprint density at radius 1 is 1.39 bits per heavy atom. The maximum absolute atomic E-state index is 11.9. The Morgan fingerprint density at radius 2 is 2.00 bits per heavy atom. The molecular formula is C10H10ClF2NO3S. The molecular weight excluding hydrogens is 288 g/mol. The van der Waals surface area contributed by atoms with E-state index in [1.807, 2.05) is 5.32 Å². The monoisotopic (exact) mass is 297 g/mol. The summed E-state index contributed by atoms with van der Waals surface area (Å²) in [6.45, 7) is 0.769. The quantitative estimate of drug-likeness (QED) is 0.864. The summed E-state index contributed by atoms with van der Waals surface area (Å²) in [6, 6.07) is 3.70. The summed E-state index contributed by atoms with van der Waals surface area (Å²) in [7, 11) is 1.19. The first-order valence-corrected chi connectivity index (χ1v) is 7.14. The third-order valence-corrected chi connectivity index (χ3v) is 3.34. The molecule has 0 spiro atoms. The van der Waals surface area contributed by atoms with Crippen LogP contribution < -0.4 is 5.32 Å². The van der Waals surface area contributed by atoms with Crippen molar-refractivity contribution in [3.8, 4) is 0 Å². The summed E-state index contributed by atoms with van der Waals surface area (Å²) in [5, 5.41) is 1.98. The van der Waals surface area contributed by atoms with E-state index in [9.17, 15) is 22.0 Å². The molecule has 100 valence electrons. The lowest BCUT2D eigenvalue weighted by Gasteiger charge is -2.07. The zero-order valence-corrected chi connectivity index (χ0v) is 10.9. The molecule has 8 heteroatoms. The van der Waals surface area contributed by atoms with Gasteiger partial charge in [0.05, 0.1) is 11.4 Å². The largest absolute Gasteiger partial charge is 0.346 e. The molecule has 1 rings (SSSR count). The minimum atomic E-state index is -3.97. The minimum Gasteiger partial charge on any atom is -0.346 e. The number of carbonyl (C=O) groups is 1. The van der Waals surface area contributed by atoms with E-state index in [-0.39, 0.29) is 10.5 Å². The second-order valence-corrected chi connectivity index (χ2v) is 6.14. The fourth-order valence-electron chi connectivity index (χ4n) is 1.29. The predicted octanol–water partition coefficient (Wildman–Crippen LogP) is 1.92. The highest BCUT2D eigenvalue weighted by Crippen LogP contribution is 2.18. The molecule has 1 aromatic rings. The van der Waals surface area contributed by atoms with E-state index >= 15 is 0 Å². The van der Waals surface area contributed by atoms with Gasteiger partial charge in [0.25, 0.3) is 21.4 Å². The fourth-order valence-corrected chi connectivity index (χ4v) is 2.15. The first-order valence-electron chi connectivity index (χ1n) is 4.83. The van der Waals surface area contributed by atoms with E-state index in [0.29, 0.717) is 5.56 Å². The van der Waals surface area contributed by atoms with Crippen LogP contribution in [0, 0.1) is 6.92 Å². The highest BCUT2D eigenvalue weighted by molar-refractivity contribution is 8.13. The Hall–Kier alpha value is -1.21. The van der Waals surface area contributed by atoms with Gasteiger partial charge in [0.15, 0.2) is 0 Å². The zero-order chi connectivity index (χ0) is 13.9. The van der Waals surface area contributed by atoms with Gasteiger partial charge in [-0.15, -0.1) is 0 Å². The van der Waals surface area contributed by atoms with Crippen molar-refractivity contribution in [1.29, 1.82) is 0 Å². The predicted molar refractivity (Wildman–Crippen MR) is 62.6 cm³/mol. The molecule has 0 aliphatic heterocycles. The number of aryl methyl sites for hydroxylation is 1. The molecule has 0 fully saturated rings. The molecule has 0 saturated heterocycles. The summed E-state index contributed by atoms with van der Waals surface area (Å²) >= 11 is 0. The number of benzene rings is 1. The number of nitrogens with one attached hydrogen (secondary N) is 1. The van der Waals surface area contributed by atoms with Crippen LogP contribution in [-0.2, 0) is 9.05 Å². The second kappa shape index (κ2) is 5.62. The van der Waals surface area contributed by atoms with Crippen LogP contribution in [0.1, 0.15) is 15.9 Å². The van der Waals surface area contributed by atoms with Gasteiger partial charge < -0.3 is 5.32 Å². The average Bonchev–Trinajstić information content (AvgIpc) is 2.23. The van der Waals surface area contributed by atoms with Crippen molar-refractivity contribution < 1.29 is 22.0 Å². The van der Waals surface area contributed by atoms with Crippen molar-refractivity contribution in [2.24, 2.45) is 0 Å². The molecule has 0 saturated carbocycles. The van der Waals surface area contributed by atoms with Crippen LogP contribution in [0.2, 0.25) is 0 Å². The minimum absolute atomic E-state index is 0.0325. The van der Waals surface area contributed by atoms with Gasteiger partial charge in [-0.2, -0.15) is 0 Å². The molecule has 0 bridgehead atoms. The molecule has 1 amide bonds. The van der Waals surface area contributed by atoms with E-state index in [0.717, 1.165) is 6.07 Å². The maximum Gasteiger partial charge on any atom is 0.261 e. The molecule has 0 heterocycles. The number of hydrogen-bond donors (Lipinski definition) is 1. The topological polar surface area (TPSA) is 63.2 Å². The van der Waals surface area contributed by atoms with E-state index in [1.54, 1.807) is 6.92 Å². The number of carbonyl (C=O) groups excluding carboxylic acids is 1. The summed E-state index contributed by atoms with van der Waals surface area (Å²) < 4.78 is 46.1. The van der Waals surface area contributed by atoms with Gasteiger partial charge in [-0.25, -0.2) is 17.2 Å². The van der Waals surface area contributed by atoms with Crippen LogP contribution in [0.15, 0.2) is 23.1 Å². The zero-order valence-electron chi connectivity index (χ0n) is 9.28. The molecule has 0 unspecified atom stereocenters. The fraction of sp³-hybridized carbons (Fsp3) is 0.300. The third-order valence-electron chi connectivity index (χ3n) is 2.01. The standard InChI is InChI=1S/C10H10ClF2NO3S/c1-6-2-7(10(15)14-5-9(12)13)4-8(3-6)18(11,16)17/h2-4,9H,5H2,1H3,(H,14,15). The van der Waals surface area contributed by atoms with Crippen molar-refractivity contribution in [3.05, 3.63) is 29.3 Å². The van der Waals surface area contributed by atoms with Crippen LogP contribution in [0.3, 0.4) is 0 Å². The second-order valence-electron chi connectivity index (χ2n) is 3.57. The van der Waals surface area contributed by atoms with Crippen LogP contribution >= 0.6 is 10.7 Å². The SMILES string of the molecule is Cc1cc(C(=O)NCC(F)F)cc(S(=O)(=O)Cl)c1. The third kappa shape index (κ3) is 4.23. The van der Waals surface area contributed by atoms with E-state index < -0.39 is 27.9 Å². The van der Waals surface area contributed by atoms with Crippen molar-refractivity contribution in [2.75, 3.05) is 6.54 Å². The van der Waals surface area contributed by atoms with Crippen molar-refractivity contribution in [2.45, 2.75) is 18.2 Å². The number of hydrogen-bond acceptors (Lipinski definition) is 3. The molecule has 0 atom stereocenters. The smallest absolute Gasteiger partial charge is 0.261 e. The Bertz CT molecular complexity index is 560. The Kier molecular flexibility index (Phi) is 4.64. The Morgan fingerprint density at radius 3 is 2.50 bits per heavy atom. The number of alkyl halides is 2. The van der Waals surface area contributed by atoms with Crippen LogP contribution in [-0.4, -0.2) is 27.3 Å². The lowest BCUT2D eigenvalue weighted by molar-refractivity contribution is 0.0891. The van der Waals surface area contributed by atoms with Crippen LogP contribution in [0.25, 0.3) is 0 Å². The summed E-state index contributed by atoms with van der Waals surface area (Å²) in [4.78, 5) is 11.3. The van der Waals surface area contributed by atoms with Crippen molar-refractivity contribution >= 4 is 25.6 Å². The van der Waals surface area contributed by atoms with E-state index in [4.69, 9.17) is 10.7 Å². The lowest BCUT2D eigenvalue weighted by Crippen LogP contribution is -2.28. The molecule has 4 nitrogen and oxygen atoms in total. The van der Waals surface area contributed by atoms with Crippen molar-refractivity contribution in [3.63, 3.8) is 0 Å². The number of amides is 1. The first kappa shape index (κ1) is 14.8. The van der Waals surface area contributed by atoms with Gasteiger partial charge in [0, 0.05) is 16.2 Å². The number of rotatable bonds is 4. The van der Waals surface area contributed by atoms with Gasteiger partial charge in [0.1, 0.15) is 0 Å². The molecule has 0 aliphatic rings. The normalized spacial score (nSPS) is 11.6. The summed E-state index contributed by atoms with van der Waals surface area (Å²) in [5.74, 6) is -0.777. The highest BCUT2D eigenvalue weighted by Gasteiger charge is 2.15. The Labute approximate surface area is 107 Å². The maximum atomic E-state index is 11.9.